The van der Waals surface area contributed by atoms with Crippen molar-refractivity contribution in [2.24, 2.45) is 0 Å². The molecule has 2 atom stereocenters. The average Bonchev–Trinajstić information content (AvgIpc) is 3.12. The second-order valence-corrected chi connectivity index (χ2v) is 5.35. The molecule has 2 aliphatic rings. The highest BCUT2D eigenvalue weighted by Gasteiger charge is 2.34. The summed E-state index contributed by atoms with van der Waals surface area (Å²) < 4.78 is 0. The van der Waals surface area contributed by atoms with E-state index >= 15 is 0 Å². The van der Waals surface area contributed by atoms with Crippen LogP contribution in [0.5, 0.6) is 0 Å². The van der Waals surface area contributed by atoms with Gasteiger partial charge in [-0.1, -0.05) is 6.07 Å². The maximum atomic E-state index is 4.41. The van der Waals surface area contributed by atoms with E-state index in [0.717, 1.165) is 11.7 Å². The lowest BCUT2D eigenvalue weighted by Gasteiger charge is -2.20. The smallest absolute Gasteiger partial charge is 0.0570 e. The van der Waals surface area contributed by atoms with E-state index in [2.05, 4.69) is 34.3 Å². The molecule has 17 heavy (non-hydrogen) atoms. The number of nitrogens with zero attached hydrogens (tertiary/aromatic N) is 2. The fraction of sp³-hybridized carbons (Fsp3) is 0.643. The number of hydrogen-bond acceptors (Lipinski definition) is 3. The van der Waals surface area contributed by atoms with Crippen molar-refractivity contribution in [2.75, 3.05) is 13.1 Å². The summed E-state index contributed by atoms with van der Waals surface area (Å²) in [5.41, 5.74) is 1.15. The van der Waals surface area contributed by atoms with E-state index in [1.807, 2.05) is 12.3 Å². The molecule has 0 amide bonds. The van der Waals surface area contributed by atoms with Crippen molar-refractivity contribution in [1.82, 2.24) is 15.2 Å². The third-order valence-electron chi connectivity index (χ3n) is 3.90. The minimum atomic E-state index is 0.361. The standard InChI is InChI=1S/C14H21N3/c1-11(14-4-2-3-8-15-14)16-12-7-9-17(10-12)13-5-6-13/h2-4,8,11-13,16H,5-7,9-10H2,1H3/t11-,12?/m0/s1. The number of rotatable bonds is 4. The zero-order valence-electron chi connectivity index (χ0n) is 10.5. The summed E-state index contributed by atoms with van der Waals surface area (Å²) in [5.74, 6) is 0. The molecule has 1 N–H and O–H groups in total. The van der Waals surface area contributed by atoms with Crippen LogP contribution in [0.4, 0.5) is 0 Å². The Bertz CT molecular complexity index is 361. The van der Waals surface area contributed by atoms with Gasteiger partial charge in [0.2, 0.25) is 0 Å². The van der Waals surface area contributed by atoms with Gasteiger partial charge in [-0.25, -0.2) is 0 Å². The first-order valence-electron chi connectivity index (χ1n) is 6.74. The van der Waals surface area contributed by atoms with E-state index in [-0.39, 0.29) is 0 Å². The van der Waals surface area contributed by atoms with Crippen molar-refractivity contribution in [1.29, 1.82) is 0 Å². The Kier molecular flexibility index (Phi) is 3.12. The van der Waals surface area contributed by atoms with Gasteiger partial charge in [-0.05, 0) is 38.3 Å². The largest absolute Gasteiger partial charge is 0.305 e. The van der Waals surface area contributed by atoms with Crippen LogP contribution in [0.1, 0.15) is 37.9 Å². The Morgan fingerprint density at radius 1 is 1.35 bits per heavy atom. The molecule has 1 aromatic heterocycles. The zero-order chi connectivity index (χ0) is 11.7. The monoisotopic (exact) mass is 231 g/mol. The molecule has 0 bridgehead atoms. The van der Waals surface area contributed by atoms with Crippen LogP contribution in [0, 0.1) is 0 Å². The minimum Gasteiger partial charge on any atom is -0.305 e. The van der Waals surface area contributed by atoms with Gasteiger partial charge >= 0.3 is 0 Å². The Labute approximate surface area is 103 Å². The summed E-state index contributed by atoms with van der Waals surface area (Å²) >= 11 is 0. The Morgan fingerprint density at radius 2 is 2.24 bits per heavy atom. The molecule has 3 nitrogen and oxygen atoms in total. The minimum absolute atomic E-state index is 0.361. The van der Waals surface area contributed by atoms with Gasteiger partial charge in [0.15, 0.2) is 0 Å². The molecule has 2 heterocycles. The van der Waals surface area contributed by atoms with Gasteiger partial charge in [-0.15, -0.1) is 0 Å². The quantitative estimate of drug-likeness (QED) is 0.858. The van der Waals surface area contributed by atoms with Crippen LogP contribution in [0.25, 0.3) is 0 Å². The predicted molar refractivity (Wildman–Crippen MR) is 68.8 cm³/mol. The number of aromatic nitrogens is 1. The van der Waals surface area contributed by atoms with Crippen molar-refractivity contribution in [3.05, 3.63) is 30.1 Å². The van der Waals surface area contributed by atoms with Crippen molar-refractivity contribution >= 4 is 0 Å². The normalized spacial score (nSPS) is 27.2. The SMILES string of the molecule is C[C@H](NC1CCN(C2CC2)C1)c1ccccn1. The van der Waals surface area contributed by atoms with Gasteiger partial charge in [0, 0.05) is 37.4 Å². The molecule has 1 aliphatic carbocycles. The van der Waals surface area contributed by atoms with Crippen LogP contribution in [-0.2, 0) is 0 Å². The van der Waals surface area contributed by atoms with Crippen LogP contribution >= 0.6 is 0 Å². The second kappa shape index (κ2) is 4.75. The fourth-order valence-electron chi connectivity index (χ4n) is 2.77. The highest BCUT2D eigenvalue weighted by atomic mass is 15.2. The van der Waals surface area contributed by atoms with Gasteiger partial charge in [-0.3, -0.25) is 9.88 Å². The first kappa shape index (κ1) is 11.2. The molecular weight excluding hydrogens is 210 g/mol. The van der Waals surface area contributed by atoms with Crippen LogP contribution in [0.3, 0.4) is 0 Å². The van der Waals surface area contributed by atoms with E-state index in [4.69, 9.17) is 0 Å². The molecule has 92 valence electrons. The highest BCUT2D eigenvalue weighted by Crippen LogP contribution is 2.30. The van der Waals surface area contributed by atoms with Crippen molar-refractivity contribution < 1.29 is 0 Å². The van der Waals surface area contributed by atoms with Gasteiger partial charge in [-0.2, -0.15) is 0 Å². The topological polar surface area (TPSA) is 28.2 Å². The van der Waals surface area contributed by atoms with Gasteiger partial charge in [0.05, 0.1) is 5.69 Å². The van der Waals surface area contributed by atoms with E-state index in [1.54, 1.807) is 0 Å². The summed E-state index contributed by atoms with van der Waals surface area (Å²) in [6, 6.07) is 8.05. The first-order valence-corrected chi connectivity index (χ1v) is 6.74. The molecule has 0 spiro atoms. The van der Waals surface area contributed by atoms with Crippen LogP contribution in [-0.4, -0.2) is 35.1 Å². The van der Waals surface area contributed by atoms with Gasteiger partial charge in [0.25, 0.3) is 0 Å². The van der Waals surface area contributed by atoms with Crippen LogP contribution < -0.4 is 5.32 Å². The third kappa shape index (κ3) is 2.67. The van der Waals surface area contributed by atoms with Crippen molar-refractivity contribution in [3.8, 4) is 0 Å². The summed E-state index contributed by atoms with van der Waals surface area (Å²) in [6.07, 6.45) is 6.00. The molecule has 0 aromatic carbocycles. The maximum Gasteiger partial charge on any atom is 0.0570 e. The third-order valence-corrected chi connectivity index (χ3v) is 3.90. The summed E-state index contributed by atoms with van der Waals surface area (Å²) in [6.45, 7) is 4.71. The Morgan fingerprint density at radius 3 is 2.94 bits per heavy atom. The lowest BCUT2D eigenvalue weighted by Crippen LogP contribution is -2.35. The highest BCUT2D eigenvalue weighted by molar-refractivity contribution is 5.08. The summed E-state index contributed by atoms with van der Waals surface area (Å²) in [7, 11) is 0. The lowest BCUT2D eigenvalue weighted by atomic mass is 10.1. The van der Waals surface area contributed by atoms with Crippen LogP contribution in [0.2, 0.25) is 0 Å². The maximum absolute atomic E-state index is 4.41. The molecule has 1 unspecified atom stereocenters. The molecule has 1 aliphatic heterocycles. The molecule has 0 radical (unpaired) electrons. The zero-order valence-corrected chi connectivity index (χ0v) is 10.5. The Hall–Kier alpha value is -0.930. The molecule has 2 fully saturated rings. The number of pyridine rings is 1. The van der Waals surface area contributed by atoms with E-state index in [1.165, 1.54) is 32.4 Å². The Balaban J connectivity index is 1.53. The molecule has 3 rings (SSSR count). The molecule has 1 saturated carbocycles. The van der Waals surface area contributed by atoms with E-state index < -0.39 is 0 Å². The van der Waals surface area contributed by atoms with E-state index in [0.29, 0.717) is 12.1 Å². The number of hydrogen-bond donors (Lipinski definition) is 1. The second-order valence-electron chi connectivity index (χ2n) is 5.35. The molecule has 1 saturated heterocycles. The predicted octanol–water partition coefficient (Wildman–Crippen LogP) is 1.97. The van der Waals surface area contributed by atoms with Crippen molar-refractivity contribution in [3.63, 3.8) is 0 Å². The average molecular weight is 231 g/mol. The van der Waals surface area contributed by atoms with Crippen molar-refractivity contribution in [2.45, 2.75) is 44.3 Å². The fourth-order valence-corrected chi connectivity index (χ4v) is 2.77. The van der Waals surface area contributed by atoms with Gasteiger partial charge < -0.3 is 5.32 Å². The molecule has 1 aromatic rings. The number of likely N-dealkylation sites (tertiary alicyclic amines) is 1. The summed E-state index contributed by atoms with van der Waals surface area (Å²) in [4.78, 5) is 7.05. The molecular formula is C14H21N3. The van der Waals surface area contributed by atoms with Gasteiger partial charge in [0.1, 0.15) is 0 Å². The first-order chi connectivity index (χ1) is 8.33. The van der Waals surface area contributed by atoms with E-state index in [9.17, 15) is 0 Å². The van der Waals surface area contributed by atoms with Crippen LogP contribution in [0.15, 0.2) is 24.4 Å². The lowest BCUT2D eigenvalue weighted by molar-refractivity contribution is 0.313. The number of nitrogens with one attached hydrogen (secondary N) is 1. The summed E-state index contributed by atoms with van der Waals surface area (Å²) in [5, 5.41) is 3.70. The molecule has 3 heteroatoms.